The van der Waals surface area contributed by atoms with Crippen LogP contribution in [-0.2, 0) is 9.53 Å². The second-order valence-electron chi connectivity index (χ2n) is 3.70. The number of ether oxygens (including phenoxy) is 1. The highest BCUT2D eigenvalue weighted by atomic mass is 19.2. The van der Waals surface area contributed by atoms with Gasteiger partial charge < -0.3 is 10.5 Å². The fourth-order valence-corrected chi connectivity index (χ4v) is 1.32. The molecule has 5 heteroatoms. The Bertz CT molecular complexity index is 396. The van der Waals surface area contributed by atoms with Crippen LogP contribution in [0.3, 0.4) is 0 Å². The summed E-state index contributed by atoms with van der Waals surface area (Å²) in [6, 6.07) is 2.65. The Morgan fingerprint density at radius 1 is 1.41 bits per heavy atom. The Balaban J connectivity index is 2.60. The first-order valence-electron chi connectivity index (χ1n) is 5.40. The third-order valence-electron chi connectivity index (χ3n) is 2.23. The lowest BCUT2D eigenvalue weighted by atomic mass is 10.0. The molecule has 1 rings (SSSR count). The number of hydrogen-bond donors (Lipinski definition) is 1. The molecule has 1 aromatic carbocycles. The highest BCUT2D eigenvalue weighted by molar-refractivity contribution is 5.70. The SMILES string of the molecule is CCCOC(=O)CC(N)c1ccc(F)c(F)c1. The molecule has 94 valence electrons. The molecule has 0 bridgehead atoms. The lowest BCUT2D eigenvalue weighted by molar-refractivity contribution is -0.144. The van der Waals surface area contributed by atoms with Crippen molar-refractivity contribution in [1.29, 1.82) is 0 Å². The van der Waals surface area contributed by atoms with Gasteiger partial charge in [-0.05, 0) is 24.1 Å². The van der Waals surface area contributed by atoms with E-state index >= 15 is 0 Å². The number of esters is 1. The molecule has 3 nitrogen and oxygen atoms in total. The summed E-state index contributed by atoms with van der Waals surface area (Å²) >= 11 is 0. The van der Waals surface area contributed by atoms with E-state index in [1.54, 1.807) is 0 Å². The molecule has 1 unspecified atom stereocenters. The van der Waals surface area contributed by atoms with E-state index in [0.717, 1.165) is 18.6 Å². The fourth-order valence-electron chi connectivity index (χ4n) is 1.32. The van der Waals surface area contributed by atoms with Crippen molar-refractivity contribution in [1.82, 2.24) is 0 Å². The quantitative estimate of drug-likeness (QED) is 0.807. The molecule has 1 aromatic rings. The Morgan fingerprint density at radius 2 is 2.12 bits per heavy atom. The number of halogens is 2. The first-order valence-corrected chi connectivity index (χ1v) is 5.40. The molecule has 0 saturated heterocycles. The van der Waals surface area contributed by atoms with Gasteiger partial charge in [0.05, 0.1) is 13.0 Å². The number of benzene rings is 1. The van der Waals surface area contributed by atoms with Gasteiger partial charge in [0.25, 0.3) is 0 Å². The molecule has 17 heavy (non-hydrogen) atoms. The number of carbonyl (C=O) groups excluding carboxylic acids is 1. The van der Waals surface area contributed by atoms with Gasteiger partial charge in [0.15, 0.2) is 11.6 Å². The number of carbonyl (C=O) groups is 1. The predicted molar refractivity (Wildman–Crippen MR) is 59.2 cm³/mol. The van der Waals surface area contributed by atoms with Crippen LogP contribution < -0.4 is 5.73 Å². The summed E-state index contributed by atoms with van der Waals surface area (Å²) in [6.45, 7) is 2.21. The summed E-state index contributed by atoms with van der Waals surface area (Å²) in [5.41, 5.74) is 6.07. The number of nitrogens with two attached hydrogens (primary N) is 1. The van der Waals surface area contributed by atoms with Gasteiger partial charge in [-0.15, -0.1) is 0 Å². The van der Waals surface area contributed by atoms with E-state index in [4.69, 9.17) is 10.5 Å². The maximum Gasteiger partial charge on any atom is 0.307 e. The van der Waals surface area contributed by atoms with Crippen molar-refractivity contribution < 1.29 is 18.3 Å². The minimum Gasteiger partial charge on any atom is -0.466 e. The van der Waals surface area contributed by atoms with Crippen LogP contribution in [0.4, 0.5) is 8.78 Å². The van der Waals surface area contributed by atoms with Crippen LogP contribution >= 0.6 is 0 Å². The molecule has 0 spiro atoms. The van der Waals surface area contributed by atoms with Crippen LogP contribution in [0.15, 0.2) is 18.2 Å². The summed E-state index contributed by atoms with van der Waals surface area (Å²) in [7, 11) is 0. The standard InChI is InChI=1S/C12H15F2NO2/c1-2-5-17-12(16)7-11(15)8-3-4-9(13)10(14)6-8/h3-4,6,11H,2,5,7,15H2,1H3. The topological polar surface area (TPSA) is 52.3 Å². The van der Waals surface area contributed by atoms with Crippen molar-refractivity contribution in [3.8, 4) is 0 Å². The molecule has 0 aliphatic rings. The summed E-state index contributed by atoms with van der Waals surface area (Å²) in [6.07, 6.45) is 0.678. The predicted octanol–water partition coefficient (Wildman–Crippen LogP) is 2.31. The normalized spacial score (nSPS) is 12.2. The third-order valence-corrected chi connectivity index (χ3v) is 2.23. The van der Waals surface area contributed by atoms with Crippen molar-refractivity contribution in [2.45, 2.75) is 25.8 Å². The molecular weight excluding hydrogens is 228 g/mol. The van der Waals surface area contributed by atoms with Crippen molar-refractivity contribution >= 4 is 5.97 Å². The molecular formula is C12H15F2NO2. The van der Waals surface area contributed by atoms with Gasteiger partial charge >= 0.3 is 5.97 Å². The number of rotatable bonds is 5. The first-order chi connectivity index (χ1) is 8.04. The monoisotopic (exact) mass is 243 g/mol. The summed E-state index contributed by atoms with van der Waals surface area (Å²) in [5.74, 6) is -2.35. The van der Waals surface area contributed by atoms with Crippen LogP contribution in [-0.4, -0.2) is 12.6 Å². The smallest absolute Gasteiger partial charge is 0.307 e. The van der Waals surface area contributed by atoms with Crippen LogP contribution in [0.5, 0.6) is 0 Å². The zero-order valence-corrected chi connectivity index (χ0v) is 9.58. The molecule has 2 N–H and O–H groups in total. The van der Waals surface area contributed by atoms with Crippen LogP contribution in [0.25, 0.3) is 0 Å². The molecule has 0 aromatic heterocycles. The van der Waals surface area contributed by atoms with Gasteiger partial charge in [-0.3, -0.25) is 4.79 Å². The van der Waals surface area contributed by atoms with Crippen molar-refractivity contribution in [2.24, 2.45) is 5.73 Å². The van der Waals surface area contributed by atoms with E-state index in [1.165, 1.54) is 6.07 Å². The second-order valence-corrected chi connectivity index (χ2v) is 3.70. The van der Waals surface area contributed by atoms with E-state index in [-0.39, 0.29) is 6.42 Å². The van der Waals surface area contributed by atoms with Gasteiger partial charge in [0, 0.05) is 6.04 Å². The Labute approximate surface area is 98.6 Å². The Hall–Kier alpha value is -1.49. The average Bonchev–Trinajstić information content (AvgIpc) is 2.30. The highest BCUT2D eigenvalue weighted by Crippen LogP contribution is 2.17. The molecule has 1 atom stereocenters. The number of hydrogen-bond acceptors (Lipinski definition) is 3. The minimum absolute atomic E-state index is 0.0505. The van der Waals surface area contributed by atoms with Crippen LogP contribution in [0.2, 0.25) is 0 Å². The Kier molecular flexibility index (Phi) is 5.03. The molecule has 0 fully saturated rings. The molecule has 0 aliphatic carbocycles. The lowest BCUT2D eigenvalue weighted by Crippen LogP contribution is -2.17. The van der Waals surface area contributed by atoms with Crippen molar-refractivity contribution in [3.63, 3.8) is 0 Å². The first kappa shape index (κ1) is 13.6. The van der Waals surface area contributed by atoms with E-state index in [0.29, 0.717) is 12.2 Å². The zero-order valence-electron chi connectivity index (χ0n) is 9.58. The largest absolute Gasteiger partial charge is 0.466 e. The zero-order chi connectivity index (χ0) is 12.8. The maximum absolute atomic E-state index is 12.9. The average molecular weight is 243 g/mol. The second kappa shape index (κ2) is 6.30. The van der Waals surface area contributed by atoms with Gasteiger partial charge in [-0.2, -0.15) is 0 Å². The summed E-state index contributed by atoms with van der Waals surface area (Å²) < 4.78 is 30.5. The molecule has 0 saturated carbocycles. The van der Waals surface area contributed by atoms with Crippen molar-refractivity contribution in [2.75, 3.05) is 6.61 Å². The maximum atomic E-state index is 12.9. The Morgan fingerprint density at radius 3 is 2.71 bits per heavy atom. The van der Waals surface area contributed by atoms with Gasteiger partial charge in [-0.25, -0.2) is 8.78 Å². The van der Waals surface area contributed by atoms with Crippen molar-refractivity contribution in [3.05, 3.63) is 35.4 Å². The molecule has 0 radical (unpaired) electrons. The lowest BCUT2D eigenvalue weighted by Gasteiger charge is -2.11. The molecule has 0 aliphatic heterocycles. The van der Waals surface area contributed by atoms with E-state index in [1.807, 2.05) is 6.92 Å². The van der Waals surface area contributed by atoms with E-state index in [2.05, 4.69) is 0 Å². The fraction of sp³-hybridized carbons (Fsp3) is 0.417. The van der Waals surface area contributed by atoms with Gasteiger partial charge in [0.1, 0.15) is 0 Å². The summed E-state index contributed by atoms with van der Waals surface area (Å²) in [4.78, 5) is 11.3. The molecule has 0 amide bonds. The van der Waals surface area contributed by atoms with E-state index < -0.39 is 23.6 Å². The van der Waals surface area contributed by atoms with Gasteiger partial charge in [-0.1, -0.05) is 13.0 Å². The van der Waals surface area contributed by atoms with Crippen LogP contribution in [0.1, 0.15) is 31.4 Å². The van der Waals surface area contributed by atoms with Crippen LogP contribution in [0, 0.1) is 11.6 Å². The van der Waals surface area contributed by atoms with E-state index in [9.17, 15) is 13.6 Å². The molecule has 0 heterocycles. The minimum atomic E-state index is -0.972. The third kappa shape index (κ3) is 4.11. The summed E-state index contributed by atoms with van der Waals surface area (Å²) in [5, 5.41) is 0. The van der Waals surface area contributed by atoms with Gasteiger partial charge in [0.2, 0.25) is 0 Å². The highest BCUT2D eigenvalue weighted by Gasteiger charge is 2.14.